The predicted molar refractivity (Wildman–Crippen MR) is 99.5 cm³/mol. The molecule has 0 atom stereocenters. The summed E-state index contributed by atoms with van der Waals surface area (Å²) in [6.07, 6.45) is 0. The van der Waals surface area contributed by atoms with Crippen LogP contribution in [0, 0.1) is 6.57 Å². The quantitative estimate of drug-likeness (QED) is 0.660. The second-order valence-corrected chi connectivity index (χ2v) is 6.84. The summed E-state index contributed by atoms with van der Waals surface area (Å²) in [6.45, 7) is 10.9. The molecule has 4 heteroatoms. The van der Waals surface area contributed by atoms with Crippen LogP contribution in [0.15, 0.2) is 53.0 Å². The number of hydrogen-bond acceptors (Lipinski definition) is 2. The number of nitrogens with zero attached hydrogens (tertiary/aromatic N) is 3. The third kappa shape index (κ3) is 6.15. The Morgan fingerprint density at radius 2 is 1.61 bits per heavy atom. The Bertz CT molecular complexity index is 676. The maximum Gasteiger partial charge on any atom is 0.187 e. The molecule has 23 heavy (non-hydrogen) atoms. The van der Waals surface area contributed by atoms with Gasteiger partial charge in [0, 0.05) is 30.7 Å². The molecule has 120 valence electrons. The van der Waals surface area contributed by atoms with Gasteiger partial charge in [0.25, 0.3) is 0 Å². The number of halogens is 1. The van der Waals surface area contributed by atoms with Crippen LogP contribution in [0.2, 0.25) is 0 Å². The number of benzene rings is 2. The summed E-state index contributed by atoms with van der Waals surface area (Å²) in [5.74, 6) is 0. The van der Waals surface area contributed by atoms with E-state index in [2.05, 4.69) is 68.9 Å². The molecule has 0 aliphatic carbocycles. The minimum Gasteiger partial charge on any atom is -0.308 e. The van der Waals surface area contributed by atoms with E-state index in [1.54, 1.807) is 0 Å². The molecule has 0 amide bonds. The summed E-state index contributed by atoms with van der Waals surface area (Å²) in [4.78, 5) is 8.14. The highest BCUT2D eigenvalue weighted by atomic mass is 79.9. The van der Waals surface area contributed by atoms with Gasteiger partial charge in [-0.05, 0) is 37.4 Å². The molecule has 0 fully saturated rings. The molecule has 0 saturated heterocycles. The van der Waals surface area contributed by atoms with Gasteiger partial charge in [0.15, 0.2) is 5.69 Å². The molecule has 0 aromatic heterocycles. The molecule has 0 aliphatic rings. The lowest BCUT2D eigenvalue weighted by molar-refractivity contribution is 0.226. The average molecular weight is 372 g/mol. The van der Waals surface area contributed by atoms with E-state index in [0.29, 0.717) is 5.69 Å². The maximum atomic E-state index is 7.16. The van der Waals surface area contributed by atoms with Crippen LogP contribution >= 0.6 is 15.9 Å². The molecule has 2 aromatic rings. The second kappa shape index (κ2) is 8.83. The standard InChI is InChI=1S/C19H22BrN3/c1-21-19-9-5-7-17(13-19)15-23(11-10-22(2)3)14-16-6-4-8-18(20)12-16/h4-9,12-13H,10-11,14-15H2,2-3H3. The van der Waals surface area contributed by atoms with Gasteiger partial charge in [0.05, 0.1) is 6.57 Å². The van der Waals surface area contributed by atoms with Crippen LogP contribution in [0.3, 0.4) is 0 Å². The van der Waals surface area contributed by atoms with Crippen molar-refractivity contribution in [2.24, 2.45) is 0 Å². The van der Waals surface area contributed by atoms with Gasteiger partial charge >= 0.3 is 0 Å². The van der Waals surface area contributed by atoms with Crippen LogP contribution in [0.25, 0.3) is 4.85 Å². The van der Waals surface area contributed by atoms with Gasteiger partial charge in [-0.15, -0.1) is 0 Å². The van der Waals surface area contributed by atoms with Crippen molar-refractivity contribution < 1.29 is 0 Å². The molecule has 0 N–H and O–H groups in total. The van der Waals surface area contributed by atoms with E-state index in [4.69, 9.17) is 6.57 Å². The highest BCUT2D eigenvalue weighted by Crippen LogP contribution is 2.18. The van der Waals surface area contributed by atoms with E-state index in [9.17, 15) is 0 Å². The first-order valence-corrected chi connectivity index (χ1v) is 8.44. The molecule has 3 nitrogen and oxygen atoms in total. The zero-order valence-corrected chi connectivity index (χ0v) is 15.3. The van der Waals surface area contributed by atoms with Crippen LogP contribution in [0.1, 0.15) is 11.1 Å². The lowest BCUT2D eigenvalue weighted by atomic mass is 10.1. The molecule has 0 heterocycles. The fourth-order valence-corrected chi connectivity index (χ4v) is 2.88. The van der Waals surface area contributed by atoms with Gasteiger partial charge in [-0.3, -0.25) is 4.90 Å². The summed E-state index contributed by atoms with van der Waals surface area (Å²) < 4.78 is 1.11. The maximum absolute atomic E-state index is 7.16. The van der Waals surface area contributed by atoms with Gasteiger partial charge < -0.3 is 4.90 Å². The summed E-state index contributed by atoms with van der Waals surface area (Å²) >= 11 is 3.54. The Labute approximate surface area is 147 Å². The Kier molecular flexibility index (Phi) is 6.79. The number of likely N-dealkylation sites (N-methyl/N-ethyl adjacent to an activating group) is 1. The van der Waals surface area contributed by atoms with Crippen LogP contribution in [-0.2, 0) is 13.1 Å². The van der Waals surface area contributed by atoms with Crippen LogP contribution in [0.5, 0.6) is 0 Å². The highest BCUT2D eigenvalue weighted by molar-refractivity contribution is 9.10. The molecule has 0 bridgehead atoms. The number of hydrogen-bond donors (Lipinski definition) is 0. The molecule has 0 radical (unpaired) electrons. The first-order valence-electron chi connectivity index (χ1n) is 7.65. The lowest BCUT2D eigenvalue weighted by Crippen LogP contribution is -2.31. The topological polar surface area (TPSA) is 10.8 Å². The highest BCUT2D eigenvalue weighted by Gasteiger charge is 2.09. The summed E-state index contributed by atoms with van der Waals surface area (Å²) in [7, 11) is 4.19. The van der Waals surface area contributed by atoms with E-state index in [1.807, 2.05) is 24.3 Å². The van der Waals surface area contributed by atoms with E-state index in [-0.39, 0.29) is 0 Å². The fourth-order valence-electron chi connectivity index (χ4n) is 2.43. The van der Waals surface area contributed by atoms with E-state index in [1.165, 1.54) is 11.1 Å². The van der Waals surface area contributed by atoms with Crippen molar-refractivity contribution in [2.75, 3.05) is 27.2 Å². The fraction of sp³-hybridized carbons (Fsp3) is 0.316. The van der Waals surface area contributed by atoms with Crippen molar-refractivity contribution in [3.05, 3.63) is 75.5 Å². The second-order valence-electron chi connectivity index (χ2n) is 5.93. The molecule has 0 aliphatic heterocycles. The van der Waals surface area contributed by atoms with Gasteiger partial charge in [0.1, 0.15) is 0 Å². The molecule has 0 unspecified atom stereocenters. The zero-order chi connectivity index (χ0) is 16.7. The monoisotopic (exact) mass is 371 g/mol. The van der Waals surface area contributed by atoms with Crippen molar-refractivity contribution in [3.63, 3.8) is 0 Å². The van der Waals surface area contributed by atoms with Crippen LogP contribution in [0.4, 0.5) is 5.69 Å². The Morgan fingerprint density at radius 1 is 0.957 bits per heavy atom. The lowest BCUT2D eigenvalue weighted by Gasteiger charge is -2.24. The normalized spacial score (nSPS) is 11.0. The average Bonchev–Trinajstić information content (AvgIpc) is 2.53. The van der Waals surface area contributed by atoms with E-state index < -0.39 is 0 Å². The summed E-state index contributed by atoms with van der Waals surface area (Å²) in [5.41, 5.74) is 3.18. The van der Waals surface area contributed by atoms with Crippen LogP contribution < -0.4 is 0 Å². The van der Waals surface area contributed by atoms with Gasteiger partial charge in [0.2, 0.25) is 0 Å². The van der Waals surface area contributed by atoms with Crippen molar-refractivity contribution in [2.45, 2.75) is 13.1 Å². The van der Waals surface area contributed by atoms with Gasteiger partial charge in [-0.25, -0.2) is 4.85 Å². The van der Waals surface area contributed by atoms with E-state index in [0.717, 1.165) is 30.7 Å². The van der Waals surface area contributed by atoms with Crippen molar-refractivity contribution in [3.8, 4) is 0 Å². The minimum atomic E-state index is 0.706. The Morgan fingerprint density at radius 3 is 2.22 bits per heavy atom. The minimum absolute atomic E-state index is 0.706. The third-order valence-electron chi connectivity index (χ3n) is 3.60. The Balaban J connectivity index is 2.11. The molecular weight excluding hydrogens is 350 g/mol. The summed E-state index contributed by atoms with van der Waals surface area (Å²) in [5, 5.41) is 0. The van der Waals surface area contributed by atoms with Crippen LogP contribution in [-0.4, -0.2) is 37.0 Å². The third-order valence-corrected chi connectivity index (χ3v) is 4.10. The molecule has 2 rings (SSSR count). The summed E-state index contributed by atoms with van der Waals surface area (Å²) in [6, 6.07) is 16.3. The first kappa shape index (κ1) is 17.7. The first-order chi connectivity index (χ1) is 11.1. The van der Waals surface area contributed by atoms with Crippen molar-refractivity contribution in [1.82, 2.24) is 9.80 Å². The SMILES string of the molecule is [C-]#[N+]c1cccc(CN(CCN(C)C)Cc2cccc(Br)c2)c1. The number of rotatable bonds is 7. The largest absolute Gasteiger partial charge is 0.308 e. The smallest absolute Gasteiger partial charge is 0.187 e. The molecule has 2 aromatic carbocycles. The van der Waals surface area contributed by atoms with Gasteiger partial charge in [-0.2, -0.15) is 0 Å². The van der Waals surface area contributed by atoms with Crippen molar-refractivity contribution >= 4 is 21.6 Å². The molecular formula is C19H22BrN3. The zero-order valence-electron chi connectivity index (χ0n) is 13.7. The molecule has 0 spiro atoms. The predicted octanol–water partition coefficient (Wildman–Crippen LogP) is 4.56. The van der Waals surface area contributed by atoms with Crippen molar-refractivity contribution in [1.29, 1.82) is 0 Å². The van der Waals surface area contributed by atoms with E-state index >= 15 is 0 Å². The molecule has 0 saturated carbocycles. The van der Waals surface area contributed by atoms with Gasteiger partial charge in [-0.1, -0.05) is 52.3 Å². The Hall–Kier alpha value is -1.67.